The molecule has 1 amide bonds. The van der Waals surface area contributed by atoms with Gasteiger partial charge >= 0.3 is 0 Å². The maximum Gasteiger partial charge on any atom is 0.289 e. The SMILES string of the molecule is CC(Cc1cccs1)N(C)C(=O)c1ccc(Cl)o1. The van der Waals surface area contributed by atoms with Crippen molar-refractivity contribution in [3.8, 4) is 0 Å². The number of rotatable bonds is 4. The number of hydrogen-bond acceptors (Lipinski definition) is 3. The van der Waals surface area contributed by atoms with E-state index in [0.717, 1.165) is 6.42 Å². The van der Waals surface area contributed by atoms with Gasteiger partial charge in [0.15, 0.2) is 11.0 Å². The van der Waals surface area contributed by atoms with E-state index in [9.17, 15) is 4.79 Å². The predicted octanol–water partition coefficient (Wildman–Crippen LogP) is 3.70. The molecule has 0 saturated carbocycles. The first kappa shape index (κ1) is 13.2. The van der Waals surface area contributed by atoms with Crippen LogP contribution in [0, 0.1) is 0 Å². The minimum absolute atomic E-state index is 0.111. The van der Waals surface area contributed by atoms with Gasteiger partial charge < -0.3 is 9.32 Å². The van der Waals surface area contributed by atoms with Crippen LogP contribution in [0.15, 0.2) is 34.1 Å². The minimum atomic E-state index is -0.147. The Morgan fingerprint density at radius 1 is 1.50 bits per heavy atom. The summed E-state index contributed by atoms with van der Waals surface area (Å²) in [4.78, 5) is 15.0. The van der Waals surface area contributed by atoms with Crippen LogP contribution >= 0.6 is 22.9 Å². The molecule has 0 radical (unpaired) electrons. The Balaban J connectivity index is 2.02. The molecule has 3 nitrogen and oxygen atoms in total. The molecule has 2 heterocycles. The van der Waals surface area contributed by atoms with Gasteiger partial charge in [0.2, 0.25) is 0 Å². The Labute approximate surface area is 115 Å². The third kappa shape index (κ3) is 2.94. The molecule has 0 aliphatic carbocycles. The molecule has 0 aromatic carbocycles. The minimum Gasteiger partial charge on any atom is -0.440 e. The van der Waals surface area contributed by atoms with Gasteiger partial charge in [0.1, 0.15) is 0 Å². The topological polar surface area (TPSA) is 33.5 Å². The summed E-state index contributed by atoms with van der Waals surface area (Å²) in [6.45, 7) is 2.02. The lowest BCUT2D eigenvalue weighted by atomic mass is 10.2. The molecule has 1 unspecified atom stereocenters. The van der Waals surface area contributed by atoms with Crippen molar-refractivity contribution in [1.29, 1.82) is 0 Å². The van der Waals surface area contributed by atoms with Crippen LogP contribution in [0.4, 0.5) is 0 Å². The van der Waals surface area contributed by atoms with Crippen LogP contribution in [0.5, 0.6) is 0 Å². The van der Waals surface area contributed by atoms with E-state index in [-0.39, 0.29) is 22.9 Å². The fourth-order valence-corrected chi connectivity index (χ4v) is 2.63. The van der Waals surface area contributed by atoms with E-state index in [0.29, 0.717) is 0 Å². The quantitative estimate of drug-likeness (QED) is 0.857. The number of hydrogen-bond donors (Lipinski definition) is 0. The van der Waals surface area contributed by atoms with E-state index in [1.807, 2.05) is 18.4 Å². The molecule has 0 spiro atoms. The first-order chi connectivity index (χ1) is 8.58. The van der Waals surface area contributed by atoms with Crippen molar-refractivity contribution in [3.63, 3.8) is 0 Å². The van der Waals surface area contributed by atoms with Crippen molar-refractivity contribution in [2.75, 3.05) is 7.05 Å². The molecule has 5 heteroatoms. The molecule has 0 aliphatic rings. The third-order valence-electron chi connectivity index (χ3n) is 2.84. The molecular formula is C13H14ClNO2S. The number of nitrogens with zero attached hydrogens (tertiary/aromatic N) is 1. The number of thiophene rings is 1. The highest BCUT2D eigenvalue weighted by atomic mass is 35.5. The van der Waals surface area contributed by atoms with Crippen molar-refractivity contribution in [1.82, 2.24) is 4.90 Å². The Kier molecular flexibility index (Phi) is 4.09. The van der Waals surface area contributed by atoms with Gasteiger partial charge in [-0.15, -0.1) is 11.3 Å². The monoisotopic (exact) mass is 283 g/mol. The van der Waals surface area contributed by atoms with Crippen LogP contribution in [0.2, 0.25) is 5.22 Å². The van der Waals surface area contributed by atoms with Gasteiger partial charge in [-0.3, -0.25) is 4.79 Å². The summed E-state index contributed by atoms with van der Waals surface area (Å²) < 4.78 is 5.13. The van der Waals surface area contributed by atoms with E-state index in [1.54, 1.807) is 35.4 Å². The second kappa shape index (κ2) is 5.59. The molecule has 96 valence electrons. The van der Waals surface area contributed by atoms with E-state index in [1.165, 1.54) is 4.88 Å². The smallest absolute Gasteiger partial charge is 0.289 e. The van der Waals surface area contributed by atoms with Gasteiger partial charge in [-0.1, -0.05) is 6.07 Å². The van der Waals surface area contributed by atoms with Gasteiger partial charge in [0.25, 0.3) is 5.91 Å². The molecule has 0 fully saturated rings. The Hall–Kier alpha value is -1.26. The van der Waals surface area contributed by atoms with Crippen LogP contribution in [0.3, 0.4) is 0 Å². The highest BCUT2D eigenvalue weighted by molar-refractivity contribution is 7.09. The fourth-order valence-electron chi connectivity index (χ4n) is 1.66. The van der Waals surface area contributed by atoms with Crippen LogP contribution in [-0.2, 0) is 6.42 Å². The molecule has 0 saturated heterocycles. The zero-order chi connectivity index (χ0) is 13.1. The highest BCUT2D eigenvalue weighted by Gasteiger charge is 2.20. The molecule has 0 bridgehead atoms. The van der Waals surface area contributed by atoms with E-state index >= 15 is 0 Å². The van der Waals surface area contributed by atoms with E-state index in [2.05, 4.69) is 6.07 Å². The Morgan fingerprint density at radius 2 is 2.28 bits per heavy atom. The van der Waals surface area contributed by atoms with Crippen molar-refractivity contribution in [2.45, 2.75) is 19.4 Å². The fraction of sp³-hybridized carbons (Fsp3) is 0.308. The van der Waals surface area contributed by atoms with E-state index in [4.69, 9.17) is 16.0 Å². The molecule has 2 rings (SSSR count). The summed E-state index contributed by atoms with van der Waals surface area (Å²) >= 11 is 7.37. The first-order valence-electron chi connectivity index (χ1n) is 5.63. The maximum absolute atomic E-state index is 12.1. The van der Waals surface area contributed by atoms with Crippen molar-refractivity contribution >= 4 is 28.8 Å². The van der Waals surface area contributed by atoms with Crippen LogP contribution in [0.25, 0.3) is 0 Å². The lowest BCUT2D eigenvalue weighted by Crippen LogP contribution is -2.36. The lowest BCUT2D eigenvalue weighted by molar-refractivity contribution is 0.0712. The standard InChI is InChI=1S/C13H14ClNO2S/c1-9(8-10-4-3-7-18-10)15(2)13(16)11-5-6-12(14)17-11/h3-7,9H,8H2,1-2H3. The van der Waals surface area contributed by atoms with Gasteiger partial charge in [-0.05, 0) is 42.1 Å². The van der Waals surface area contributed by atoms with Crippen molar-refractivity contribution in [3.05, 3.63) is 45.5 Å². The summed E-state index contributed by atoms with van der Waals surface area (Å²) in [5, 5.41) is 2.27. The molecule has 2 aromatic rings. The number of halogens is 1. The maximum atomic E-state index is 12.1. The zero-order valence-electron chi connectivity index (χ0n) is 10.2. The average molecular weight is 284 g/mol. The van der Waals surface area contributed by atoms with E-state index < -0.39 is 0 Å². The Bertz CT molecular complexity index is 521. The van der Waals surface area contributed by atoms with Gasteiger partial charge in [0.05, 0.1) is 0 Å². The summed E-state index contributed by atoms with van der Waals surface area (Å²) in [5.41, 5.74) is 0. The number of carbonyl (C=O) groups excluding carboxylic acids is 1. The molecule has 2 aromatic heterocycles. The molecule has 0 N–H and O–H groups in total. The molecule has 1 atom stereocenters. The second-order valence-corrected chi connectivity index (χ2v) is 5.56. The Morgan fingerprint density at radius 3 is 2.83 bits per heavy atom. The number of furan rings is 1. The van der Waals surface area contributed by atoms with Crippen molar-refractivity contribution in [2.24, 2.45) is 0 Å². The average Bonchev–Trinajstić information content (AvgIpc) is 2.98. The number of amides is 1. The van der Waals surface area contributed by atoms with Crippen LogP contribution in [-0.4, -0.2) is 23.9 Å². The molecule has 0 aliphatic heterocycles. The number of carbonyl (C=O) groups is 1. The normalized spacial score (nSPS) is 12.4. The highest BCUT2D eigenvalue weighted by Crippen LogP contribution is 2.18. The zero-order valence-corrected chi connectivity index (χ0v) is 11.8. The largest absolute Gasteiger partial charge is 0.440 e. The predicted molar refractivity (Wildman–Crippen MR) is 73.3 cm³/mol. The number of likely N-dealkylation sites (N-methyl/N-ethyl adjacent to an activating group) is 1. The van der Waals surface area contributed by atoms with Crippen molar-refractivity contribution < 1.29 is 9.21 Å². The van der Waals surface area contributed by atoms with Crippen LogP contribution < -0.4 is 0 Å². The van der Waals surface area contributed by atoms with Gasteiger partial charge in [0, 0.05) is 24.4 Å². The third-order valence-corrected chi connectivity index (χ3v) is 3.94. The van der Waals surface area contributed by atoms with Gasteiger partial charge in [-0.25, -0.2) is 0 Å². The summed E-state index contributed by atoms with van der Waals surface area (Å²) in [6.07, 6.45) is 0.842. The summed E-state index contributed by atoms with van der Waals surface area (Å²) in [5.74, 6) is 0.131. The van der Waals surface area contributed by atoms with Gasteiger partial charge in [-0.2, -0.15) is 0 Å². The molecular weight excluding hydrogens is 270 g/mol. The first-order valence-corrected chi connectivity index (χ1v) is 6.88. The summed E-state index contributed by atoms with van der Waals surface area (Å²) in [6, 6.07) is 7.37. The molecule has 18 heavy (non-hydrogen) atoms. The second-order valence-electron chi connectivity index (χ2n) is 4.15. The lowest BCUT2D eigenvalue weighted by Gasteiger charge is -2.23. The summed E-state index contributed by atoms with van der Waals surface area (Å²) in [7, 11) is 1.77. The van der Waals surface area contributed by atoms with Crippen LogP contribution in [0.1, 0.15) is 22.4 Å².